The molecule has 1 atom stereocenters. The predicted molar refractivity (Wildman–Crippen MR) is 66.0 cm³/mol. The first-order valence-corrected chi connectivity index (χ1v) is 7.10. The second-order valence-corrected chi connectivity index (χ2v) is 6.09. The van der Waals surface area contributed by atoms with Crippen molar-refractivity contribution in [3.8, 4) is 0 Å². The molecule has 1 aliphatic rings. The summed E-state index contributed by atoms with van der Waals surface area (Å²) >= 11 is 2.41. The minimum atomic E-state index is -0.966. The zero-order valence-electron chi connectivity index (χ0n) is 8.49. The van der Waals surface area contributed by atoms with Crippen LogP contribution in [0.4, 0.5) is 0 Å². The van der Waals surface area contributed by atoms with E-state index in [2.05, 4.69) is 20.2 Å². The van der Waals surface area contributed by atoms with Crippen molar-refractivity contribution in [1.29, 1.82) is 0 Å². The molecule has 0 bridgehead atoms. The molecule has 15 heavy (non-hydrogen) atoms. The first kappa shape index (κ1) is 11.5. The van der Waals surface area contributed by atoms with Gasteiger partial charge in [-0.25, -0.2) is 0 Å². The van der Waals surface area contributed by atoms with Crippen LogP contribution in [0.5, 0.6) is 0 Å². The molecule has 0 saturated carbocycles. The number of benzene rings is 1. The molecule has 1 fully saturated rings. The predicted octanol–water partition coefficient (Wildman–Crippen LogP) is 2.96. The molecule has 2 nitrogen and oxygen atoms in total. The fraction of sp³-hybridized carbons (Fsp3) is 0.455. The lowest BCUT2D eigenvalue weighted by Crippen LogP contribution is -2.35. The molecule has 1 unspecified atom stereocenters. The summed E-state index contributed by atoms with van der Waals surface area (Å²) in [4.78, 5) is 0.903. The van der Waals surface area contributed by atoms with E-state index in [4.69, 9.17) is 0 Å². The summed E-state index contributed by atoms with van der Waals surface area (Å²) in [5, 5.41) is 0. The van der Waals surface area contributed by atoms with Gasteiger partial charge >= 0.3 is 0 Å². The van der Waals surface area contributed by atoms with E-state index in [0.717, 1.165) is 22.5 Å². The van der Waals surface area contributed by atoms with E-state index in [1.54, 1.807) is 0 Å². The average molecular weight is 288 g/mol. The summed E-state index contributed by atoms with van der Waals surface area (Å²) in [5.41, 5.74) is 0. The van der Waals surface area contributed by atoms with Crippen molar-refractivity contribution in [3.63, 3.8) is 0 Å². The Bertz CT molecular complexity index is 311. The molecule has 2 rings (SSSR count). The minimum absolute atomic E-state index is 0.903. The summed E-state index contributed by atoms with van der Waals surface area (Å²) in [6.07, 6.45) is 3.61. The van der Waals surface area contributed by atoms with Gasteiger partial charge in [0.2, 0.25) is 0 Å². The monoisotopic (exact) mass is 287 g/mol. The van der Waals surface area contributed by atoms with Crippen LogP contribution in [0.15, 0.2) is 33.6 Å². The Hall–Kier alpha value is -0.0300. The lowest BCUT2D eigenvalue weighted by atomic mass is 10.2. The maximum Gasteiger partial charge on any atom is 0.174 e. The first-order valence-electron chi connectivity index (χ1n) is 5.20. The zero-order chi connectivity index (χ0) is 10.7. The van der Waals surface area contributed by atoms with Gasteiger partial charge in [-0.3, -0.25) is 0 Å². The normalized spacial score (nSPS) is 20.1. The van der Waals surface area contributed by atoms with Crippen molar-refractivity contribution in [2.45, 2.75) is 24.2 Å². The Morgan fingerprint density at radius 3 is 2.27 bits per heavy atom. The average Bonchev–Trinajstić information content (AvgIpc) is 2.30. The minimum Gasteiger partial charge on any atom is -0.593 e. The quantitative estimate of drug-likeness (QED) is 0.782. The van der Waals surface area contributed by atoms with Crippen LogP contribution in [0.2, 0.25) is 0 Å². The lowest BCUT2D eigenvalue weighted by Gasteiger charge is -2.26. The van der Waals surface area contributed by atoms with Gasteiger partial charge in [-0.2, -0.15) is 0 Å². The van der Waals surface area contributed by atoms with Crippen LogP contribution in [-0.2, 0) is 11.4 Å². The first-order chi connectivity index (χ1) is 7.27. The highest BCUT2D eigenvalue weighted by molar-refractivity contribution is 9.10. The Kier molecular flexibility index (Phi) is 4.08. The van der Waals surface area contributed by atoms with Gasteiger partial charge in [-0.15, -0.1) is 4.31 Å². The smallest absolute Gasteiger partial charge is 0.174 e. The summed E-state index contributed by atoms with van der Waals surface area (Å²) in [6, 6.07) is 7.73. The molecule has 1 aromatic rings. The van der Waals surface area contributed by atoms with Crippen molar-refractivity contribution in [2.75, 3.05) is 13.1 Å². The van der Waals surface area contributed by atoms with Crippen LogP contribution in [0.1, 0.15) is 19.3 Å². The van der Waals surface area contributed by atoms with Crippen molar-refractivity contribution >= 4 is 27.3 Å². The molecule has 1 heterocycles. The van der Waals surface area contributed by atoms with Crippen LogP contribution in [-0.4, -0.2) is 21.9 Å². The molecule has 1 aromatic carbocycles. The van der Waals surface area contributed by atoms with E-state index < -0.39 is 11.4 Å². The van der Waals surface area contributed by atoms with Crippen molar-refractivity contribution in [1.82, 2.24) is 4.31 Å². The van der Waals surface area contributed by atoms with E-state index in [0.29, 0.717) is 0 Å². The SMILES string of the molecule is [O-][S+](c1ccc(Br)cc1)N1CCCCC1. The molecule has 0 N–H and O–H groups in total. The second kappa shape index (κ2) is 5.34. The highest BCUT2D eigenvalue weighted by Gasteiger charge is 2.23. The molecular formula is C11H14BrNOS. The van der Waals surface area contributed by atoms with E-state index in [1.165, 1.54) is 19.3 Å². The summed E-state index contributed by atoms with van der Waals surface area (Å²) in [5.74, 6) is 0. The van der Waals surface area contributed by atoms with Gasteiger partial charge in [0.25, 0.3) is 0 Å². The maximum atomic E-state index is 12.1. The summed E-state index contributed by atoms with van der Waals surface area (Å²) in [7, 11) is 0. The molecule has 0 radical (unpaired) electrons. The third-order valence-electron chi connectivity index (χ3n) is 2.56. The van der Waals surface area contributed by atoms with Crippen LogP contribution in [0.3, 0.4) is 0 Å². The van der Waals surface area contributed by atoms with Gasteiger partial charge in [0.15, 0.2) is 4.90 Å². The molecule has 0 aromatic heterocycles. The number of hydrogen-bond donors (Lipinski definition) is 0. The molecule has 0 spiro atoms. The summed E-state index contributed by atoms with van der Waals surface area (Å²) < 4.78 is 15.2. The topological polar surface area (TPSA) is 26.3 Å². The number of rotatable bonds is 2. The molecule has 0 aliphatic carbocycles. The standard InChI is InChI=1S/C11H14BrNOS/c12-10-4-6-11(7-5-10)15(14)13-8-2-1-3-9-13/h4-7H,1-3,8-9H2. The lowest BCUT2D eigenvalue weighted by molar-refractivity contribution is 0.346. The van der Waals surface area contributed by atoms with E-state index in [-0.39, 0.29) is 0 Å². The number of piperidine rings is 1. The Morgan fingerprint density at radius 1 is 1.07 bits per heavy atom. The zero-order valence-corrected chi connectivity index (χ0v) is 10.9. The van der Waals surface area contributed by atoms with Gasteiger partial charge in [0.1, 0.15) is 0 Å². The van der Waals surface area contributed by atoms with E-state index in [1.807, 2.05) is 24.3 Å². The van der Waals surface area contributed by atoms with E-state index >= 15 is 0 Å². The fourth-order valence-corrected chi connectivity index (χ4v) is 3.25. The molecular weight excluding hydrogens is 274 g/mol. The largest absolute Gasteiger partial charge is 0.593 e. The van der Waals surface area contributed by atoms with Crippen LogP contribution in [0.25, 0.3) is 0 Å². The molecule has 1 aliphatic heterocycles. The van der Waals surface area contributed by atoms with E-state index in [9.17, 15) is 4.55 Å². The second-order valence-electron chi connectivity index (χ2n) is 3.69. The maximum absolute atomic E-state index is 12.1. The third-order valence-corrected chi connectivity index (χ3v) is 4.60. The summed E-state index contributed by atoms with van der Waals surface area (Å²) in [6.45, 7) is 1.92. The van der Waals surface area contributed by atoms with Crippen molar-refractivity contribution < 1.29 is 4.55 Å². The number of nitrogens with zero attached hydrogens (tertiary/aromatic N) is 1. The molecule has 1 saturated heterocycles. The Morgan fingerprint density at radius 2 is 1.67 bits per heavy atom. The highest BCUT2D eigenvalue weighted by atomic mass is 79.9. The fourth-order valence-electron chi connectivity index (χ4n) is 1.73. The Labute approximate surface area is 102 Å². The van der Waals surface area contributed by atoms with Gasteiger partial charge in [0.05, 0.1) is 11.4 Å². The Balaban J connectivity index is 2.05. The highest BCUT2D eigenvalue weighted by Crippen LogP contribution is 2.21. The van der Waals surface area contributed by atoms with Gasteiger partial charge in [0, 0.05) is 17.6 Å². The van der Waals surface area contributed by atoms with Gasteiger partial charge in [-0.1, -0.05) is 22.4 Å². The molecule has 82 valence electrons. The van der Waals surface area contributed by atoms with Crippen LogP contribution >= 0.6 is 15.9 Å². The van der Waals surface area contributed by atoms with Gasteiger partial charge in [-0.05, 0) is 37.1 Å². The van der Waals surface area contributed by atoms with Crippen molar-refractivity contribution in [2.24, 2.45) is 0 Å². The molecule has 4 heteroatoms. The number of halogens is 1. The van der Waals surface area contributed by atoms with Crippen LogP contribution < -0.4 is 0 Å². The van der Waals surface area contributed by atoms with Crippen molar-refractivity contribution in [3.05, 3.63) is 28.7 Å². The molecule has 0 amide bonds. The number of hydrogen-bond acceptors (Lipinski definition) is 2. The van der Waals surface area contributed by atoms with Gasteiger partial charge < -0.3 is 4.55 Å². The van der Waals surface area contributed by atoms with Crippen LogP contribution in [0, 0.1) is 0 Å². The third kappa shape index (κ3) is 2.97.